The molecule has 1 heterocycles. The maximum atomic E-state index is 11.1. The highest BCUT2D eigenvalue weighted by atomic mass is 32.1. The Kier molecular flexibility index (Phi) is 3.54. The molecule has 1 aromatic heterocycles. The lowest BCUT2D eigenvalue weighted by Gasteiger charge is -2.27. The van der Waals surface area contributed by atoms with E-state index < -0.39 is 23.4 Å². The summed E-state index contributed by atoms with van der Waals surface area (Å²) >= 11 is 1.33. The van der Waals surface area contributed by atoms with Crippen molar-refractivity contribution in [2.45, 2.75) is 19.9 Å². The second kappa shape index (κ2) is 4.52. The van der Waals surface area contributed by atoms with Crippen molar-refractivity contribution in [1.82, 2.24) is 0 Å². The lowest BCUT2D eigenvalue weighted by atomic mass is 9.84. The third-order valence-corrected chi connectivity index (χ3v) is 3.13. The van der Waals surface area contributed by atoms with Gasteiger partial charge in [-0.15, -0.1) is 11.3 Å². The average molecular weight is 243 g/mol. The van der Waals surface area contributed by atoms with Crippen molar-refractivity contribution in [1.29, 1.82) is 0 Å². The fourth-order valence-electron chi connectivity index (χ4n) is 1.18. The van der Waals surface area contributed by atoms with Gasteiger partial charge in [-0.25, -0.2) is 4.79 Å². The van der Waals surface area contributed by atoms with Crippen LogP contribution in [0.5, 0.6) is 0 Å². The summed E-state index contributed by atoms with van der Waals surface area (Å²) in [6.45, 7) is 2.77. The zero-order valence-electron chi connectivity index (χ0n) is 8.93. The van der Waals surface area contributed by atoms with E-state index in [4.69, 9.17) is 10.2 Å². The van der Waals surface area contributed by atoms with Gasteiger partial charge >= 0.3 is 11.9 Å². The number of carbonyl (C=O) groups is 2. The number of carboxylic acids is 2. The second-order valence-electron chi connectivity index (χ2n) is 3.92. The third kappa shape index (κ3) is 2.52. The molecule has 0 aliphatic heterocycles. The molecule has 1 atom stereocenters. The van der Waals surface area contributed by atoms with Gasteiger partial charge in [0.1, 0.15) is 6.04 Å². The van der Waals surface area contributed by atoms with Crippen LogP contribution in [0.1, 0.15) is 13.8 Å². The number of aliphatic carboxylic acids is 2. The molecule has 0 bridgehead atoms. The smallest absolute Gasteiger partial charge is 0.327 e. The van der Waals surface area contributed by atoms with Gasteiger partial charge in [0.2, 0.25) is 0 Å². The Hall–Kier alpha value is -1.56. The van der Waals surface area contributed by atoms with Gasteiger partial charge in [-0.1, -0.05) is 0 Å². The van der Waals surface area contributed by atoms with Gasteiger partial charge in [-0.3, -0.25) is 4.79 Å². The normalized spacial score (nSPS) is 13.1. The molecule has 0 aliphatic rings. The quantitative estimate of drug-likeness (QED) is 0.733. The van der Waals surface area contributed by atoms with Crippen LogP contribution >= 0.6 is 11.3 Å². The number of thiophene rings is 1. The molecule has 0 amide bonds. The molecular formula is C10H13NO4S. The summed E-state index contributed by atoms with van der Waals surface area (Å²) in [6, 6.07) is 2.31. The van der Waals surface area contributed by atoms with Crippen LogP contribution in [0, 0.1) is 5.41 Å². The van der Waals surface area contributed by atoms with Gasteiger partial charge in [0.15, 0.2) is 0 Å². The Balaban J connectivity index is 2.92. The molecule has 6 heteroatoms. The maximum absolute atomic E-state index is 11.1. The van der Waals surface area contributed by atoms with Gasteiger partial charge in [0.25, 0.3) is 0 Å². The number of rotatable bonds is 5. The number of hydrogen-bond donors (Lipinski definition) is 3. The Morgan fingerprint density at radius 2 is 2.06 bits per heavy atom. The maximum Gasteiger partial charge on any atom is 0.327 e. The molecule has 0 saturated carbocycles. The van der Waals surface area contributed by atoms with Crippen molar-refractivity contribution in [3.63, 3.8) is 0 Å². The average Bonchev–Trinajstić information content (AvgIpc) is 2.65. The van der Waals surface area contributed by atoms with E-state index in [-0.39, 0.29) is 0 Å². The standard InChI is InChI=1S/C10H13NO4S/c1-10(2,9(14)15)7(8(12)13)11-6-4-3-5-16-6/h3-5,7,11H,1-2H3,(H,12,13)(H,14,15). The summed E-state index contributed by atoms with van der Waals surface area (Å²) in [5.41, 5.74) is -1.38. The number of anilines is 1. The fraction of sp³-hybridized carbons (Fsp3) is 0.400. The van der Waals surface area contributed by atoms with Crippen molar-refractivity contribution < 1.29 is 19.8 Å². The van der Waals surface area contributed by atoms with Crippen LogP contribution in [0.15, 0.2) is 17.5 Å². The van der Waals surface area contributed by atoms with Crippen molar-refractivity contribution in [2.75, 3.05) is 5.32 Å². The van der Waals surface area contributed by atoms with Crippen LogP contribution in [-0.4, -0.2) is 28.2 Å². The summed E-state index contributed by atoms with van der Waals surface area (Å²) in [4.78, 5) is 22.1. The van der Waals surface area contributed by atoms with Crippen LogP contribution in [0.3, 0.4) is 0 Å². The topological polar surface area (TPSA) is 86.6 Å². The van der Waals surface area contributed by atoms with Crippen molar-refractivity contribution in [2.24, 2.45) is 5.41 Å². The molecule has 0 aliphatic carbocycles. The van der Waals surface area contributed by atoms with Crippen molar-refractivity contribution >= 4 is 28.3 Å². The van der Waals surface area contributed by atoms with E-state index in [2.05, 4.69) is 5.32 Å². The van der Waals surface area contributed by atoms with E-state index in [0.717, 1.165) is 0 Å². The molecule has 0 fully saturated rings. The van der Waals surface area contributed by atoms with Crippen LogP contribution in [0.4, 0.5) is 5.00 Å². The molecule has 1 unspecified atom stereocenters. The first-order valence-electron chi connectivity index (χ1n) is 4.62. The number of nitrogens with one attached hydrogen (secondary N) is 1. The fourth-order valence-corrected chi connectivity index (χ4v) is 1.82. The van der Waals surface area contributed by atoms with Crippen LogP contribution in [0.2, 0.25) is 0 Å². The predicted octanol–water partition coefficient (Wildman–Crippen LogP) is 1.72. The van der Waals surface area contributed by atoms with Gasteiger partial charge in [-0.05, 0) is 31.4 Å². The Labute approximate surface area is 96.7 Å². The van der Waals surface area contributed by atoms with E-state index >= 15 is 0 Å². The van der Waals surface area contributed by atoms with Gasteiger partial charge in [0.05, 0.1) is 10.4 Å². The molecule has 0 radical (unpaired) electrons. The second-order valence-corrected chi connectivity index (χ2v) is 4.87. The molecule has 0 spiro atoms. The minimum atomic E-state index is -1.38. The molecule has 1 rings (SSSR count). The number of hydrogen-bond acceptors (Lipinski definition) is 4. The van der Waals surface area contributed by atoms with E-state index in [0.29, 0.717) is 5.00 Å². The van der Waals surface area contributed by atoms with Gasteiger partial charge < -0.3 is 15.5 Å². The van der Waals surface area contributed by atoms with Crippen LogP contribution in [-0.2, 0) is 9.59 Å². The highest BCUT2D eigenvalue weighted by Gasteiger charge is 2.41. The lowest BCUT2D eigenvalue weighted by Crippen LogP contribution is -2.47. The minimum absolute atomic E-state index is 0.640. The van der Waals surface area contributed by atoms with Crippen LogP contribution in [0.25, 0.3) is 0 Å². The SMILES string of the molecule is CC(C)(C(=O)O)C(Nc1cccs1)C(=O)O. The number of carboxylic acid groups (broad SMARTS) is 2. The molecule has 0 saturated heterocycles. The molecule has 5 nitrogen and oxygen atoms in total. The highest BCUT2D eigenvalue weighted by Crippen LogP contribution is 2.26. The molecule has 88 valence electrons. The minimum Gasteiger partial charge on any atom is -0.481 e. The molecule has 3 N–H and O–H groups in total. The zero-order chi connectivity index (χ0) is 12.3. The Morgan fingerprint density at radius 3 is 2.44 bits per heavy atom. The summed E-state index contributed by atoms with van der Waals surface area (Å²) in [6.07, 6.45) is 0. The van der Waals surface area contributed by atoms with Crippen molar-refractivity contribution in [3.8, 4) is 0 Å². The first-order valence-corrected chi connectivity index (χ1v) is 5.50. The summed E-state index contributed by atoms with van der Waals surface area (Å²) in [5, 5.41) is 23.2. The highest BCUT2D eigenvalue weighted by molar-refractivity contribution is 7.14. The van der Waals surface area contributed by atoms with E-state index in [1.165, 1.54) is 25.2 Å². The zero-order valence-corrected chi connectivity index (χ0v) is 9.75. The largest absolute Gasteiger partial charge is 0.481 e. The molecule has 1 aromatic rings. The first-order chi connectivity index (χ1) is 7.35. The van der Waals surface area contributed by atoms with Crippen LogP contribution < -0.4 is 5.32 Å². The monoisotopic (exact) mass is 243 g/mol. The third-order valence-electron chi connectivity index (χ3n) is 2.33. The molecule has 0 aromatic carbocycles. The Morgan fingerprint density at radius 1 is 1.44 bits per heavy atom. The first kappa shape index (κ1) is 12.5. The summed E-state index contributed by atoms with van der Waals surface area (Å²) in [5.74, 6) is -2.33. The molecule has 16 heavy (non-hydrogen) atoms. The lowest BCUT2D eigenvalue weighted by molar-refractivity contribution is -0.154. The van der Waals surface area contributed by atoms with Gasteiger partial charge in [-0.2, -0.15) is 0 Å². The molecular weight excluding hydrogens is 230 g/mol. The predicted molar refractivity (Wildman–Crippen MR) is 60.8 cm³/mol. The Bertz CT molecular complexity index is 386. The van der Waals surface area contributed by atoms with Crippen molar-refractivity contribution in [3.05, 3.63) is 17.5 Å². The van der Waals surface area contributed by atoms with Gasteiger partial charge in [0, 0.05) is 0 Å². The summed E-state index contributed by atoms with van der Waals surface area (Å²) < 4.78 is 0. The van der Waals surface area contributed by atoms with E-state index in [9.17, 15) is 9.59 Å². The van der Waals surface area contributed by atoms with E-state index in [1.54, 1.807) is 17.5 Å². The summed E-state index contributed by atoms with van der Waals surface area (Å²) in [7, 11) is 0. The van der Waals surface area contributed by atoms with E-state index in [1.807, 2.05) is 0 Å².